The van der Waals surface area contributed by atoms with Gasteiger partial charge in [-0.2, -0.15) is 8.42 Å². The van der Waals surface area contributed by atoms with E-state index >= 15 is 0 Å². The predicted molar refractivity (Wildman–Crippen MR) is 53.0 cm³/mol. The Hall–Kier alpha value is -1.17. The average molecular weight is 214 g/mol. The van der Waals surface area contributed by atoms with Crippen molar-refractivity contribution in [2.45, 2.75) is 0 Å². The number of benzene rings is 1. The van der Waals surface area contributed by atoms with E-state index in [0.717, 1.165) is 5.56 Å². The fraction of sp³-hybridized carbons (Fsp3) is 0.111. The van der Waals surface area contributed by atoms with Crippen LogP contribution < -0.4 is 0 Å². The molecule has 1 N–H and O–H groups in total. The highest BCUT2D eigenvalue weighted by molar-refractivity contribution is 7.80. The second-order valence-corrected chi connectivity index (χ2v) is 3.62. The largest absolute Gasteiger partial charge is 0.397 e. The van der Waals surface area contributed by atoms with Crippen LogP contribution >= 0.6 is 0 Å². The first-order chi connectivity index (χ1) is 6.58. The first kappa shape index (κ1) is 10.9. The van der Waals surface area contributed by atoms with Gasteiger partial charge in [0.25, 0.3) is 0 Å². The van der Waals surface area contributed by atoms with E-state index in [9.17, 15) is 8.42 Å². The molecule has 0 radical (unpaired) electrons. The lowest BCUT2D eigenvalue weighted by Crippen LogP contribution is -2.02. The average Bonchev–Trinajstić information content (AvgIpc) is 2.13. The van der Waals surface area contributed by atoms with Gasteiger partial charge in [-0.15, -0.1) is 0 Å². The van der Waals surface area contributed by atoms with Gasteiger partial charge < -0.3 is 0 Å². The molecule has 0 heterocycles. The SMILES string of the molecule is O=S(=O)(O)OC/C=C\c1ccccc1. The maximum Gasteiger partial charge on any atom is 0.397 e. The van der Waals surface area contributed by atoms with Gasteiger partial charge in [-0.1, -0.05) is 42.5 Å². The Morgan fingerprint density at radius 2 is 1.93 bits per heavy atom. The highest BCUT2D eigenvalue weighted by Crippen LogP contribution is 2.00. The zero-order chi connectivity index (χ0) is 10.4. The Kier molecular flexibility index (Phi) is 3.82. The van der Waals surface area contributed by atoms with E-state index in [-0.39, 0.29) is 6.61 Å². The summed E-state index contributed by atoms with van der Waals surface area (Å²) in [6.45, 7) is -0.173. The van der Waals surface area contributed by atoms with Crippen molar-refractivity contribution in [3.05, 3.63) is 42.0 Å². The van der Waals surface area contributed by atoms with E-state index in [2.05, 4.69) is 4.18 Å². The monoisotopic (exact) mass is 214 g/mol. The zero-order valence-electron chi connectivity index (χ0n) is 7.33. The van der Waals surface area contributed by atoms with Gasteiger partial charge >= 0.3 is 10.4 Å². The van der Waals surface area contributed by atoms with Crippen molar-refractivity contribution in [3.63, 3.8) is 0 Å². The zero-order valence-corrected chi connectivity index (χ0v) is 8.15. The van der Waals surface area contributed by atoms with Crippen LogP contribution in [0, 0.1) is 0 Å². The molecule has 0 aliphatic carbocycles. The number of rotatable bonds is 4. The molecule has 76 valence electrons. The van der Waals surface area contributed by atoms with Crippen LogP contribution in [0.1, 0.15) is 5.56 Å². The molecule has 0 aromatic heterocycles. The van der Waals surface area contributed by atoms with E-state index in [1.165, 1.54) is 6.08 Å². The lowest BCUT2D eigenvalue weighted by atomic mass is 10.2. The molecule has 1 aromatic rings. The van der Waals surface area contributed by atoms with Gasteiger partial charge in [-0.05, 0) is 5.56 Å². The molecule has 0 fully saturated rings. The van der Waals surface area contributed by atoms with Gasteiger partial charge in [-0.3, -0.25) is 4.55 Å². The Labute approximate surface area is 82.8 Å². The number of hydrogen-bond donors (Lipinski definition) is 1. The van der Waals surface area contributed by atoms with Gasteiger partial charge in [0.05, 0.1) is 6.61 Å². The Balaban J connectivity index is 2.43. The lowest BCUT2D eigenvalue weighted by Gasteiger charge is -1.93. The summed E-state index contributed by atoms with van der Waals surface area (Å²) in [7, 11) is -4.33. The minimum absolute atomic E-state index is 0.173. The van der Waals surface area contributed by atoms with Crippen molar-refractivity contribution < 1.29 is 17.2 Å². The quantitative estimate of drug-likeness (QED) is 0.772. The molecule has 0 unspecified atom stereocenters. The third-order valence-electron chi connectivity index (χ3n) is 1.42. The Morgan fingerprint density at radius 1 is 1.29 bits per heavy atom. The van der Waals surface area contributed by atoms with Gasteiger partial charge in [-0.25, -0.2) is 4.18 Å². The number of hydrogen-bond acceptors (Lipinski definition) is 3. The Bertz CT molecular complexity index is 394. The summed E-state index contributed by atoms with van der Waals surface area (Å²) in [6.07, 6.45) is 3.20. The minimum Gasteiger partial charge on any atom is -0.264 e. The standard InChI is InChI=1S/C9H10O4S/c10-14(11,12)13-8-4-7-9-5-2-1-3-6-9/h1-7H,8H2,(H,10,11,12)/b7-4-. The first-order valence-electron chi connectivity index (χ1n) is 3.91. The molecule has 0 saturated carbocycles. The van der Waals surface area contributed by atoms with E-state index in [1.54, 1.807) is 6.08 Å². The van der Waals surface area contributed by atoms with Crippen LogP contribution in [0.3, 0.4) is 0 Å². The van der Waals surface area contributed by atoms with Crippen LogP contribution in [0.5, 0.6) is 0 Å². The molecule has 4 nitrogen and oxygen atoms in total. The molecule has 0 amide bonds. The Morgan fingerprint density at radius 3 is 2.50 bits per heavy atom. The summed E-state index contributed by atoms with van der Waals surface area (Å²) in [6, 6.07) is 9.34. The highest BCUT2D eigenvalue weighted by Gasteiger charge is 1.99. The van der Waals surface area contributed by atoms with E-state index in [4.69, 9.17) is 4.55 Å². The fourth-order valence-electron chi connectivity index (χ4n) is 0.874. The molecule has 0 aliphatic heterocycles. The molecule has 1 aromatic carbocycles. The first-order valence-corrected chi connectivity index (χ1v) is 5.28. The van der Waals surface area contributed by atoms with Crippen molar-refractivity contribution in [2.24, 2.45) is 0 Å². The molecule has 1 rings (SSSR count). The minimum atomic E-state index is -4.33. The summed E-state index contributed by atoms with van der Waals surface area (Å²) >= 11 is 0. The van der Waals surface area contributed by atoms with E-state index in [0.29, 0.717) is 0 Å². The summed E-state index contributed by atoms with van der Waals surface area (Å²) in [4.78, 5) is 0. The molecule has 0 atom stereocenters. The summed E-state index contributed by atoms with van der Waals surface area (Å²) in [5, 5.41) is 0. The topological polar surface area (TPSA) is 63.6 Å². The highest BCUT2D eigenvalue weighted by atomic mass is 32.3. The third kappa shape index (κ3) is 4.76. The van der Waals surface area contributed by atoms with Gasteiger partial charge in [0, 0.05) is 0 Å². The predicted octanol–water partition coefficient (Wildman–Crippen LogP) is 1.52. The maximum atomic E-state index is 10.1. The van der Waals surface area contributed by atoms with Crippen LogP contribution in [0.4, 0.5) is 0 Å². The molecule has 0 spiro atoms. The summed E-state index contributed by atoms with van der Waals surface area (Å²) in [5.74, 6) is 0. The van der Waals surface area contributed by atoms with Crippen LogP contribution in [-0.2, 0) is 14.6 Å². The molecule has 0 bridgehead atoms. The normalized spacial score (nSPS) is 12.1. The molecule has 0 aliphatic rings. The van der Waals surface area contributed by atoms with Gasteiger partial charge in [0.15, 0.2) is 0 Å². The van der Waals surface area contributed by atoms with Crippen LogP contribution in [-0.4, -0.2) is 19.6 Å². The molecule has 5 heteroatoms. The van der Waals surface area contributed by atoms with Crippen molar-refractivity contribution in [1.82, 2.24) is 0 Å². The van der Waals surface area contributed by atoms with Crippen molar-refractivity contribution in [1.29, 1.82) is 0 Å². The lowest BCUT2D eigenvalue weighted by molar-refractivity contribution is 0.297. The smallest absolute Gasteiger partial charge is 0.264 e. The van der Waals surface area contributed by atoms with Gasteiger partial charge in [0.1, 0.15) is 0 Å². The van der Waals surface area contributed by atoms with Crippen molar-refractivity contribution in [2.75, 3.05) is 6.61 Å². The molecular formula is C9H10O4S. The third-order valence-corrected chi connectivity index (χ3v) is 1.86. The van der Waals surface area contributed by atoms with E-state index in [1.807, 2.05) is 30.3 Å². The molecule has 0 saturated heterocycles. The fourth-order valence-corrected chi connectivity index (χ4v) is 1.12. The van der Waals surface area contributed by atoms with Gasteiger partial charge in [0.2, 0.25) is 0 Å². The van der Waals surface area contributed by atoms with Crippen LogP contribution in [0.25, 0.3) is 6.08 Å². The summed E-state index contributed by atoms with van der Waals surface area (Å²) in [5.41, 5.74) is 0.937. The van der Waals surface area contributed by atoms with Crippen molar-refractivity contribution >= 4 is 16.5 Å². The van der Waals surface area contributed by atoms with Crippen molar-refractivity contribution in [3.8, 4) is 0 Å². The molecule has 14 heavy (non-hydrogen) atoms. The van der Waals surface area contributed by atoms with E-state index < -0.39 is 10.4 Å². The molecular weight excluding hydrogens is 204 g/mol. The van der Waals surface area contributed by atoms with Crippen LogP contribution in [0.2, 0.25) is 0 Å². The summed E-state index contributed by atoms with van der Waals surface area (Å²) < 4.78 is 32.6. The maximum absolute atomic E-state index is 10.1. The van der Waals surface area contributed by atoms with Crippen LogP contribution in [0.15, 0.2) is 36.4 Å². The second kappa shape index (κ2) is 4.90. The second-order valence-electron chi connectivity index (χ2n) is 2.53.